The summed E-state index contributed by atoms with van der Waals surface area (Å²) >= 11 is 0. The van der Waals surface area contributed by atoms with Gasteiger partial charge in [0.05, 0.1) is 30.5 Å². The van der Waals surface area contributed by atoms with E-state index in [1.165, 1.54) is 0 Å². The van der Waals surface area contributed by atoms with Crippen LogP contribution in [-0.4, -0.2) is 44.6 Å². The third-order valence-corrected chi connectivity index (χ3v) is 4.86. The molecule has 1 aromatic carbocycles. The van der Waals surface area contributed by atoms with Crippen LogP contribution in [0.3, 0.4) is 0 Å². The molecule has 0 atom stereocenters. The minimum absolute atomic E-state index is 0.0790. The van der Waals surface area contributed by atoms with E-state index in [1.54, 1.807) is 30.8 Å². The van der Waals surface area contributed by atoms with Gasteiger partial charge in [0.25, 0.3) is 5.91 Å². The SMILES string of the molecule is COc1ccc(-n2nnc(C(=O)NC3(CC(=O)O)CCCC3)c2C)cc1. The lowest BCUT2D eigenvalue weighted by Gasteiger charge is -2.28. The number of nitrogens with zero attached hydrogens (tertiary/aromatic N) is 3. The maximum Gasteiger partial charge on any atom is 0.305 e. The topological polar surface area (TPSA) is 106 Å². The number of carboxylic acid groups (broad SMARTS) is 1. The Morgan fingerprint density at radius 1 is 1.27 bits per heavy atom. The number of rotatable bonds is 6. The third kappa shape index (κ3) is 3.54. The van der Waals surface area contributed by atoms with Crippen LogP contribution in [0.15, 0.2) is 24.3 Å². The van der Waals surface area contributed by atoms with Crippen LogP contribution in [0.1, 0.15) is 48.3 Å². The average molecular weight is 358 g/mol. The van der Waals surface area contributed by atoms with Gasteiger partial charge in [-0.3, -0.25) is 9.59 Å². The molecule has 1 fully saturated rings. The van der Waals surface area contributed by atoms with Gasteiger partial charge in [-0.2, -0.15) is 0 Å². The summed E-state index contributed by atoms with van der Waals surface area (Å²) < 4.78 is 6.71. The van der Waals surface area contributed by atoms with Crippen molar-refractivity contribution >= 4 is 11.9 Å². The second kappa shape index (κ2) is 7.15. The lowest BCUT2D eigenvalue weighted by atomic mass is 9.93. The molecule has 8 heteroatoms. The smallest absolute Gasteiger partial charge is 0.305 e. The van der Waals surface area contributed by atoms with Crippen molar-refractivity contribution in [2.24, 2.45) is 0 Å². The van der Waals surface area contributed by atoms with E-state index < -0.39 is 11.5 Å². The molecule has 1 saturated carbocycles. The highest BCUT2D eigenvalue weighted by atomic mass is 16.5. The zero-order valence-corrected chi connectivity index (χ0v) is 14.9. The summed E-state index contributed by atoms with van der Waals surface area (Å²) in [6.45, 7) is 1.76. The van der Waals surface area contributed by atoms with Gasteiger partial charge in [0.1, 0.15) is 5.75 Å². The number of nitrogens with one attached hydrogen (secondary N) is 1. The number of hydrogen-bond donors (Lipinski definition) is 2. The van der Waals surface area contributed by atoms with E-state index in [1.807, 2.05) is 12.1 Å². The van der Waals surface area contributed by atoms with Crippen LogP contribution in [-0.2, 0) is 4.79 Å². The highest BCUT2D eigenvalue weighted by Gasteiger charge is 2.38. The molecule has 0 bridgehead atoms. The Hall–Kier alpha value is -2.90. The van der Waals surface area contributed by atoms with Gasteiger partial charge in [0.2, 0.25) is 0 Å². The van der Waals surface area contributed by atoms with Gasteiger partial charge < -0.3 is 15.2 Å². The van der Waals surface area contributed by atoms with E-state index in [2.05, 4.69) is 15.6 Å². The molecule has 1 aromatic heterocycles. The van der Waals surface area contributed by atoms with Crippen LogP contribution in [0.5, 0.6) is 5.75 Å². The van der Waals surface area contributed by atoms with Crippen molar-refractivity contribution in [2.45, 2.75) is 44.6 Å². The quantitative estimate of drug-likeness (QED) is 0.819. The fraction of sp³-hybridized carbons (Fsp3) is 0.444. The van der Waals surface area contributed by atoms with Crippen molar-refractivity contribution in [1.82, 2.24) is 20.3 Å². The first-order chi connectivity index (χ1) is 12.4. The minimum Gasteiger partial charge on any atom is -0.497 e. The minimum atomic E-state index is -0.911. The molecule has 0 spiro atoms. The fourth-order valence-corrected chi connectivity index (χ4v) is 3.49. The molecular weight excluding hydrogens is 336 g/mol. The Kier molecular flexibility index (Phi) is 4.92. The lowest BCUT2D eigenvalue weighted by molar-refractivity contribution is -0.138. The van der Waals surface area contributed by atoms with E-state index in [-0.39, 0.29) is 18.0 Å². The van der Waals surface area contributed by atoms with Gasteiger partial charge in [0.15, 0.2) is 5.69 Å². The maximum absolute atomic E-state index is 12.7. The zero-order chi connectivity index (χ0) is 18.7. The molecule has 0 saturated heterocycles. The van der Waals surface area contributed by atoms with Crippen LogP contribution < -0.4 is 10.1 Å². The maximum atomic E-state index is 12.7. The zero-order valence-electron chi connectivity index (χ0n) is 14.9. The highest BCUT2D eigenvalue weighted by molar-refractivity contribution is 5.94. The summed E-state index contributed by atoms with van der Waals surface area (Å²) in [6, 6.07) is 7.25. The second-order valence-electron chi connectivity index (χ2n) is 6.65. The van der Waals surface area contributed by atoms with E-state index in [0.717, 1.165) is 24.3 Å². The predicted molar refractivity (Wildman–Crippen MR) is 93.6 cm³/mol. The van der Waals surface area contributed by atoms with Crippen LogP contribution in [0.4, 0.5) is 0 Å². The van der Waals surface area contributed by atoms with E-state index in [9.17, 15) is 14.7 Å². The molecule has 1 aliphatic rings. The largest absolute Gasteiger partial charge is 0.497 e. The number of hydrogen-bond acceptors (Lipinski definition) is 5. The molecule has 1 amide bonds. The summed E-state index contributed by atoms with van der Waals surface area (Å²) in [4.78, 5) is 23.9. The van der Waals surface area contributed by atoms with Crippen LogP contribution in [0.25, 0.3) is 5.69 Å². The van der Waals surface area contributed by atoms with Crippen molar-refractivity contribution in [2.75, 3.05) is 7.11 Å². The number of carboxylic acids is 1. The molecule has 2 aromatic rings. The van der Waals surface area contributed by atoms with E-state index in [4.69, 9.17) is 4.74 Å². The number of carbonyl (C=O) groups is 2. The number of amides is 1. The van der Waals surface area contributed by atoms with Gasteiger partial charge >= 0.3 is 5.97 Å². The standard InChI is InChI=1S/C18H22N4O4/c1-12-16(17(25)19-18(11-15(23)24)9-3-4-10-18)20-21-22(12)13-5-7-14(26-2)8-6-13/h5-8H,3-4,9-11H2,1-2H3,(H,19,25)(H,23,24). The molecular formula is C18H22N4O4. The van der Waals surface area contributed by atoms with Gasteiger partial charge in [-0.05, 0) is 44.0 Å². The van der Waals surface area contributed by atoms with Crippen LogP contribution in [0.2, 0.25) is 0 Å². The first-order valence-corrected chi connectivity index (χ1v) is 8.55. The van der Waals surface area contributed by atoms with Crippen molar-refractivity contribution in [3.63, 3.8) is 0 Å². The van der Waals surface area contributed by atoms with Crippen molar-refractivity contribution in [1.29, 1.82) is 0 Å². The molecule has 138 valence electrons. The monoisotopic (exact) mass is 358 g/mol. The van der Waals surface area contributed by atoms with Crippen LogP contribution >= 0.6 is 0 Å². The Morgan fingerprint density at radius 3 is 2.50 bits per heavy atom. The van der Waals surface area contributed by atoms with E-state index in [0.29, 0.717) is 18.5 Å². The number of benzene rings is 1. The summed E-state index contributed by atoms with van der Waals surface area (Å²) in [5, 5.41) is 20.2. The molecule has 2 N–H and O–H groups in total. The molecule has 26 heavy (non-hydrogen) atoms. The molecule has 3 rings (SSSR count). The van der Waals surface area contributed by atoms with Crippen molar-refractivity contribution in [3.8, 4) is 11.4 Å². The number of aromatic nitrogens is 3. The van der Waals surface area contributed by atoms with Gasteiger partial charge in [-0.25, -0.2) is 4.68 Å². The number of carbonyl (C=O) groups excluding carboxylic acids is 1. The Balaban J connectivity index is 1.82. The summed E-state index contributed by atoms with van der Waals surface area (Å²) in [6.07, 6.45) is 3.06. The van der Waals surface area contributed by atoms with Gasteiger partial charge in [0, 0.05) is 0 Å². The molecule has 1 aliphatic carbocycles. The number of aliphatic carboxylic acids is 1. The van der Waals surface area contributed by atoms with Gasteiger partial charge in [-0.1, -0.05) is 18.1 Å². The summed E-state index contributed by atoms with van der Waals surface area (Å²) in [7, 11) is 1.59. The Bertz CT molecular complexity index is 807. The number of ether oxygens (including phenoxy) is 1. The van der Waals surface area contributed by atoms with Crippen LogP contribution in [0, 0.1) is 6.92 Å². The molecule has 0 radical (unpaired) electrons. The van der Waals surface area contributed by atoms with Gasteiger partial charge in [-0.15, -0.1) is 5.10 Å². The highest BCUT2D eigenvalue weighted by Crippen LogP contribution is 2.33. The fourth-order valence-electron chi connectivity index (χ4n) is 3.49. The van der Waals surface area contributed by atoms with E-state index >= 15 is 0 Å². The first-order valence-electron chi connectivity index (χ1n) is 8.55. The van der Waals surface area contributed by atoms with Crippen molar-refractivity contribution in [3.05, 3.63) is 35.7 Å². The Morgan fingerprint density at radius 2 is 1.92 bits per heavy atom. The summed E-state index contributed by atoms with van der Waals surface area (Å²) in [5.41, 5.74) is 0.865. The average Bonchev–Trinajstić information content (AvgIpc) is 3.21. The predicted octanol–water partition coefficient (Wildman–Crippen LogP) is 2.10. The number of methoxy groups -OCH3 is 1. The second-order valence-corrected chi connectivity index (χ2v) is 6.65. The first kappa shape index (κ1) is 17.9. The molecule has 0 unspecified atom stereocenters. The lowest BCUT2D eigenvalue weighted by Crippen LogP contribution is -2.48. The molecule has 0 aliphatic heterocycles. The molecule has 8 nitrogen and oxygen atoms in total. The Labute approximate surface area is 151 Å². The summed E-state index contributed by atoms with van der Waals surface area (Å²) in [5.74, 6) is -0.572. The molecule has 1 heterocycles. The third-order valence-electron chi connectivity index (χ3n) is 4.86. The normalized spacial score (nSPS) is 15.6. The van der Waals surface area contributed by atoms with Crippen molar-refractivity contribution < 1.29 is 19.4 Å².